The van der Waals surface area contributed by atoms with Crippen molar-refractivity contribution in [3.05, 3.63) is 28.5 Å². The number of hydrogen-bond donors (Lipinski definition) is 1. The van der Waals surface area contributed by atoms with Crippen LogP contribution < -0.4 is 10.1 Å². The minimum Gasteiger partial charge on any atom is -0.489 e. The van der Waals surface area contributed by atoms with Gasteiger partial charge in [-0.3, -0.25) is 0 Å². The molecule has 2 nitrogen and oxygen atoms in total. The second-order valence-electron chi connectivity index (χ2n) is 4.07. The fourth-order valence-electron chi connectivity index (χ4n) is 1.45. The minimum atomic E-state index is -0.314. The van der Waals surface area contributed by atoms with E-state index in [1.165, 1.54) is 18.9 Å². The Kier molecular flexibility index (Phi) is 4.18. The Morgan fingerprint density at radius 1 is 1.44 bits per heavy atom. The molecule has 2 rings (SSSR count). The Hall–Kier alpha value is -0.610. The van der Waals surface area contributed by atoms with Gasteiger partial charge in [0.2, 0.25) is 0 Å². The molecule has 0 bridgehead atoms. The third-order valence-electron chi connectivity index (χ3n) is 2.56. The summed E-state index contributed by atoms with van der Waals surface area (Å²) in [5.74, 6) is 0.857. The van der Waals surface area contributed by atoms with Crippen LogP contribution in [0.5, 0.6) is 5.75 Å². The van der Waals surface area contributed by atoms with Gasteiger partial charge in [0, 0.05) is 11.0 Å². The number of ether oxygens (including phenoxy) is 1. The van der Waals surface area contributed by atoms with Gasteiger partial charge in [0.25, 0.3) is 0 Å². The zero-order valence-electron chi connectivity index (χ0n) is 9.01. The van der Waals surface area contributed by atoms with Gasteiger partial charge >= 0.3 is 0 Å². The highest BCUT2D eigenvalue weighted by atomic mass is 79.9. The Balaban J connectivity index is 1.69. The van der Waals surface area contributed by atoms with Crippen LogP contribution in [0.2, 0.25) is 0 Å². The molecule has 0 heterocycles. The third-order valence-corrected chi connectivity index (χ3v) is 3.05. The molecular formula is C12H15BrFNO. The third kappa shape index (κ3) is 3.76. The molecule has 0 radical (unpaired) electrons. The van der Waals surface area contributed by atoms with E-state index >= 15 is 0 Å². The van der Waals surface area contributed by atoms with Crippen molar-refractivity contribution in [1.29, 1.82) is 0 Å². The molecule has 16 heavy (non-hydrogen) atoms. The van der Waals surface area contributed by atoms with E-state index in [4.69, 9.17) is 4.74 Å². The predicted octanol–water partition coefficient (Wildman–Crippen LogP) is 2.97. The summed E-state index contributed by atoms with van der Waals surface area (Å²) in [6.07, 6.45) is 2.68. The molecule has 0 saturated heterocycles. The molecule has 1 saturated carbocycles. The number of rotatable bonds is 6. The van der Waals surface area contributed by atoms with Crippen molar-refractivity contribution in [2.75, 3.05) is 19.7 Å². The second kappa shape index (κ2) is 5.64. The van der Waals surface area contributed by atoms with E-state index in [0.29, 0.717) is 12.4 Å². The summed E-state index contributed by atoms with van der Waals surface area (Å²) in [5, 5.41) is 3.29. The number of benzene rings is 1. The predicted molar refractivity (Wildman–Crippen MR) is 65.2 cm³/mol. The molecule has 1 N–H and O–H groups in total. The Bertz CT molecular complexity index is 355. The van der Waals surface area contributed by atoms with Gasteiger partial charge in [-0.2, -0.15) is 0 Å². The lowest BCUT2D eigenvalue weighted by Crippen LogP contribution is -2.23. The van der Waals surface area contributed by atoms with Gasteiger partial charge in [0.15, 0.2) is 11.6 Å². The van der Waals surface area contributed by atoms with Crippen molar-refractivity contribution >= 4 is 15.9 Å². The maximum Gasteiger partial charge on any atom is 0.165 e. The molecule has 0 unspecified atom stereocenters. The van der Waals surface area contributed by atoms with E-state index in [2.05, 4.69) is 21.2 Å². The SMILES string of the molecule is Fc1ccc(Br)cc1OCCNCC1CC1. The standard InChI is InChI=1S/C12H15BrFNO/c13-10-3-4-11(14)12(7-10)16-6-5-15-8-9-1-2-9/h3-4,7,9,15H,1-2,5-6,8H2. The summed E-state index contributed by atoms with van der Waals surface area (Å²) in [4.78, 5) is 0. The van der Waals surface area contributed by atoms with Gasteiger partial charge in [-0.05, 0) is 43.5 Å². The van der Waals surface area contributed by atoms with Crippen LogP contribution in [0, 0.1) is 11.7 Å². The van der Waals surface area contributed by atoms with Crippen molar-refractivity contribution in [1.82, 2.24) is 5.32 Å². The Morgan fingerprint density at radius 2 is 2.25 bits per heavy atom. The lowest BCUT2D eigenvalue weighted by Gasteiger charge is -2.08. The molecule has 0 atom stereocenters. The van der Waals surface area contributed by atoms with E-state index in [1.54, 1.807) is 12.1 Å². The van der Waals surface area contributed by atoms with Gasteiger partial charge in [0.1, 0.15) is 6.61 Å². The number of nitrogens with one attached hydrogen (secondary N) is 1. The van der Waals surface area contributed by atoms with Crippen LogP contribution in [-0.4, -0.2) is 19.7 Å². The van der Waals surface area contributed by atoms with Crippen LogP contribution >= 0.6 is 15.9 Å². The molecule has 1 aromatic rings. The number of halogens is 2. The molecule has 1 aliphatic rings. The monoisotopic (exact) mass is 287 g/mol. The van der Waals surface area contributed by atoms with Crippen molar-refractivity contribution in [3.63, 3.8) is 0 Å². The molecule has 1 aromatic carbocycles. The van der Waals surface area contributed by atoms with Crippen LogP contribution in [0.4, 0.5) is 4.39 Å². The quantitative estimate of drug-likeness (QED) is 0.813. The van der Waals surface area contributed by atoms with Crippen LogP contribution in [0.25, 0.3) is 0 Å². The summed E-state index contributed by atoms with van der Waals surface area (Å²) in [6.45, 7) is 2.33. The summed E-state index contributed by atoms with van der Waals surface area (Å²) >= 11 is 3.28. The minimum absolute atomic E-state index is 0.308. The molecular weight excluding hydrogens is 273 g/mol. The van der Waals surface area contributed by atoms with Crippen LogP contribution in [0.3, 0.4) is 0 Å². The zero-order valence-corrected chi connectivity index (χ0v) is 10.6. The summed E-state index contributed by atoms with van der Waals surface area (Å²) in [7, 11) is 0. The average molecular weight is 288 g/mol. The first-order valence-electron chi connectivity index (χ1n) is 5.54. The van der Waals surface area contributed by atoms with Gasteiger partial charge in [-0.25, -0.2) is 4.39 Å². The van der Waals surface area contributed by atoms with E-state index in [-0.39, 0.29) is 5.82 Å². The van der Waals surface area contributed by atoms with Crippen LogP contribution in [0.15, 0.2) is 22.7 Å². The fraction of sp³-hybridized carbons (Fsp3) is 0.500. The van der Waals surface area contributed by atoms with E-state index < -0.39 is 0 Å². The molecule has 4 heteroatoms. The Morgan fingerprint density at radius 3 is 3.00 bits per heavy atom. The highest BCUT2D eigenvalue weighted by molar-refractivity contribution is 9.10. The molecule has 88 valence electrons. The fourth-order valence-corrected chi connectivity index (χ4v) is 1.79. The number of hydrogen-bond acceptors (Lipinski definition) is 2. The molecule has 0 amide bonds. The van der Waals surface area contributed by atoms with Gasteiger partial charge in [0.05, 0.1) is 0 Å². The summed E-state index contributed by atoms with van der Waals surface area (Å²) < 4.78 is 19.4. The highest BCUT2D eigenvalue weighted by Gasteiger charge is 2.19. The van der Waals surface area contributed by atoms with Gasteiger partial charge in [-0.1, -0.05) is 15.9 Å². The Labute approximate surface area is 103 Å². The molecule has 1 fully saturated rings. The van der Waals surface area contributed by atoms with E-state index in [1.807, 2.05) is 0 Å². The maximum absolute atomic E-state index is 13.3. The topological polar surface area (TPSA) is 21.3 Å². The summed E-state index contributed by atoms with van der Waals surface area (Å²) in [5.41, 5.74) is 0. The van der Waals surface area contributed by atoms with Crippen LogP contribution in [0.1, 0.15) is 12.8 Å². The smallest absolute Gasteiger partial charge is 0.165 e. The van der Waals surface area contributed by atoms with Crippen LogP contribution in [-0.2, 0) is 0 Å². The molecule has 0 spiro atoms. The lowest BCUT2D eigenvalue weighted by atomic mass is 10.3. The normalized spacial score (nSPS) is 15.1. The molecule has 0 aromatic heterocycles. The second-order valence-corrected chi connectivity index (χ2v) is 4.99. The van der Waals surface area contributed by atoms with Gasteiger partial charge in [-0.15, -0.1) is 0 Å². The first kappa shape index (κ1) is 11.9. The molecule has 1 aliphatic carbocycles. The van der Waals surface area contributed by atoms with E-state index in [9.17, 15) is 4.39 Å². The highest BCUT2D eigenvalue weighted by Crippen LogP contribution is 2.27. The first-order valence-corrected chi connectivity index (χ1v) is 6.33. The summed E-state index contributed by atoms with van der Waals surface area (Å²) in [6, 6.07) is 4.71. The zero-order chi connectivity index (χ0) is 11.4. The van der Waals surface area contributed by atoms with E-state index in [0.717, 1.165) is 23.5 Å². The largest absolute Gasteiger partial charge is 0.489 e. The molecule has 0 aliphatic heterocycles. The lowest BCUT2D eigenvalue weighted by molar-refractivity contribution is 0.298. The first-order chi connectivity index (χ1) is 7.75. The van der Waals surface area contributed by atoms with Crippen molar-refractivity contribution in [2.45, 2.75) is 12.8 Å². The maximum atomic E-state index is 13.3. The van der Waals surface area contributed by atoms with Crippen molar-refractivity contribution < 1.29 is 9.13 Å². The average Bonchev–Trinajstić information content (AvgIpc) is 3.06. The van der Waals surface area contributed by atoms with Crippen molar-refractivity contribution in [3.8, 4) is 5.75 Å². The van der Waals surface area contributed by atoms with Gasteiger partial charge < -0.3 is 10.1 Å². The van der Waals surface area contributed by atoms with Crippen molar-refractivity contribution in [2.24, 2.45) is 5.92 Å².